The number of rotatable bonds is 5. The standard InChI is InChI=1S/C20H26/c1-3-4-8-18-11-7-12-19(16-18)9-5-6-10-20-14-13-17(2)15-20/h7,11-12,16,20H,2-5,8-9,13-15H2,1H3. The van der Waals surface area contributed by atoms with E-state index in [0.717, 1.165) is 19.3 Å². The molecule has 0 heteroatoms. The van der Waals surface area contributed by atoms with Gasteiger partial charge in [-0.15, -0.1) is 5.92 Å². The van der Waals surface area contributed by atoms with Crippen LogP contribution in [0.5, 0.6) is 0 Å². The van der Waals surface area contributed by atoms with Gasteiger partial charge in [0.15, 0.2) is 0 Å². The zero-order valence-electron chi connectivity index (χ0n) is 12.8. The van der Waals surface area contributed by atoms with Crippen LogP contribution in [0.25, 0.3) is 0 Å². The van der Waals surface area contributed by atoms with E-state index in [1.807, 2.05) is 0 Å². The molecule has 1 aromatic rings. The largest absolute Gasteiger partial charge is 0.103 e. The normalized spacial score (nSPS) is 17.9. The molecular formula is C20H26. The zero-order chi connectivity index (χ0) is 14.2. The fraction of sp³-hybridized carbons (Fsp3) is 0.500. The Balaban J connectivity index is 1.79. The van der Waals surface area contributed by atoms with Gasteiger partial charge in [-0.1, -0.05) is 55.7 Å². The van der Waals surface area contributed by atoms with E-state index in [4.69, 9.17) is 0 Å². The maximum atomic E-state index is 4.05. The van der Waals surface area contributed by atoms with E-state index >= 15 is 0 Å². The van der Waals surface area contributed by atoms with Gasteiger partial charge in [0.25, 0.3) is 0 Å². The fourth-order valence-electron chi connectivity index (χ4n) is 2.80. The Morgan fingerprint density at radius 3 is 2.75 bits per heavy atom. The number of benzene rings is 1. The lowest BCUT2D eigenvalue weighted by Gasteiger charge is -2.03. The van der Waals surface area contributed by atoms with E-state index < -0.39 is 0 Å². The molecule has 1 aromatic carbocycles. The van der Waals surface area contributed by atoms with Crippen molar-refractivity contribution in [2.75, 3.05) is 0 Å². The first-order chi connectivity index (χ1) is 9.78. The molecule has 0 nitrogen and oxygen atoms in total. The lowest BCUT2D eigenvalue weighted by atomic mass is 10.0. The quantitative estimate of drug-likeness (QED) is 0.499. The minimum atomic E-state index is 0.582. The molecule has 0 aliphatic heterocycles. The smallest absolute Gasteiger partial charge is 0.0242 e. The Labute approximate surface area is 124 Å². The summed E-state index contributed by atoms with van der Waals surface area (Å²) >= 11 is 0. The first kappa shape index (κ1) is 14.9. The second kappa shape index (κ2) is 7.95. The summed E-state index contributed by atoms with van der Waals surface area (Å²) in [6.45, 7) is 6.29. The van der Waals surface area contributed by atoms with E-state index in [-0.39, 0.29) is 0 Å². The summed E-state index contributed by atoms with van der Waals surface area (Å²) in [7, 11) is 0. The predicted molar refractivity (Wildman–Crippen MR) is 87.6 cm³/mol. The van der Waals surface area contributed by atoms with Crippen LogP contribution < -0.4 is 0 Å². The van der Waals surface area contributed by atoms with Crippen molar-refractivity contribution in [2.45, 2.75) is 58.3 Å². The van der Waals surface area contributed by atoms with Crippen LogP contribution in [-0.4, -0.2) is 0 Å². The molecule has 0 radical (unpaired) electrons. The van der Waals surface area contributed by atoms with Crippen molar-refractivity contribution in [2.24, 2.45) is 5.92 Å². The van der Waals surface area contributed by atoms with Gasteiger partial charge in [-0.05, 0) is 49.7 Å². The first-order valence-corrected chi connectivity index (χ1v) is 8.00. The van der Waals surface area contributed by atoms with Gasteiger partial charge in [0, 0.05) is 12.3 Å². The molecule has 0 N–H and O–H groups in total. The monoisotopic (exact) mass is 266 g/mol. The van der Waals surface area contributed by atoms with E-state index in [1.54, 1.807) is 0 Å². The molecule has 0 bridgehead atoms. The fourth-order valence-corrected chi connectivity index (χ4v) is 2.80. The summed E-state index contributed by atoms with van der Waals surface area (Å²) in [4.78, 5) is 0. The minimum Gasteiger partial charge on any atom is -0.103 e. The molecule has 2 rings (SSSR count). The van der Waals surface area contributed by atoms with Crippen molar-refractivity contribution in [1.29, 1.82) is 0 Å². The lowest BCUT2D eigenvalue weighted by molar-refractivity contribution is 0.718. The van der Waals surface area contributed by atoms with Gasteiger partial charge in [-0.3, -0.25) is 0 Å². The molecule has 0 amide bonds. The van der Waals surface area contributed by atoms with Crippen molar-refractivity contribution in [3.63, 3.8) is 0 Å². The minimum absolute atomic E-state index is 0.582. The topological polar surface area (TPSA) is 0 Å². The number of allylic oxidation sites excluding steroid dienone is 1. The molecular weight excluding hydrogens is 240 g/mol. The van der Waals surface area contributed by atoms with Crippen LogP contribution in [0, 0.1) is 17.8 Å². The summed E-state index contributed by atoms with van der Waals surface area (Å²) in [5.41, 5.74) is 4.29. The van der Waals surface area contributed by atoms with Gasteiger partial charge in [0.1, 0.15) is 0 Å². The summed E-state index contributed by atoms with van der Waals surface area (Å²) < 4.78 is 0. The molecule has 1 saturated carbocycles. The van der Waals surface area contributed by atoms with Gasteiger partial charge in [-0.25, -0.2) is 0 Å². The van der Waals surface area contributed by atoms with Crippen LogP contribution in [0.3, 0.4) is 0 Å². The Hall–Kier alpha value is -1.48. The van der Waals surface area contributed by atoms with Crippen LogP contribution in [0.15, 0.2) is 36.4 Å². The van der Waals surface area contributed by atoms with Crippen molar-refractivity contribution in [3.05, 3.63) is 47.5 Å². The van der Waals surface area contributed by atoms with E-state index in [2.05, 4.69) is 49.6 Å². The Morgan fingerprint density at radius 2 is 2.05 bits per heavy atom. The molecule has 1 unspecified atom stereocenters. The first-order valence-electron chi connectivity index (χ1n) is 8.00. The molecule has 0 saturated heterocycles. The van der Waals surface area contributed by atoms with Gasteiger partial charge in [0.2, 0.25) is 0 Å². The molecule has 1 aliphatic carbocycles. The highest BCUT2D eigenvalue weighted by molar-refractivity contribution is 5.24. The van der Waals surface area contributed by atoms with Crippen LogP contribution >= 0.6 is 0 Å². The molecule has 1 atom stereocenters. The number of unbranched alkanes of at least 4 members (excludes halogenated alkanes) is 1. The van der Waals surface area contributed by atoms with Crippen LogP contribution in [0.1, 0.15) is 56.6 Å². The Bertz CT molecular complexity index is 498. The molecule has 20 heavy (non-hydrogen) atoms. The number of hydrogen-bond acceptors (Lipinski definition) is 0. The van der Waals surface area contributed by atoms with Crippen LogP contribution in [0.4, 0.5) is 0 Å². The van der Waals surface area contributed by atoms with E-state index in [9.17, 15) is 0 Å². The van der Waals surface area contributed by atoms with Gasteiger partial charge < -0.3 is 0 Å². The third kappa shape index (κ3) is 4.89. The molecule has 0 aromatic heterocycles. The number of aryl methyl sites for hydroxylation is 2. The summed E-state index contributed by atoms with van der Waals surface area (Å²) in [5.74, 6) is 7.37. The molecule has 106 valence electrons. The highest BCUT2D eigenvalue weighted by Crippen LogP contribution is 2.27. The zero-order valence-corrected chi connectivity index (χ0v) is 12.8. The third-order valence-corrected chi connectivity index (χ3v) is 4.04. The second-order valence-corrected chi connectivity index (χ2v) is 5.93. The van der Waals surface area contributed by atoms with Crippen LogP contribution in [0.2, 0.25) is 0 Å². The molecule has 1 aliphatic rings. The number of hydrogen-bond donors (Lipinski definition) is 0. The van der Waals surface area contributed by atoms with Crippen molar-refractivity contribution in [1.82, 2.24) is 0 Å². The van der Waals surface area contributed by atoms with Crippen molar-refractivity contribution >= 4 is 0 Å². The van der Waals surface area contributed by atoms with E-state index in [0.29, 0.717) is 5.92 Å². The highest BCUT2D eigenvalue weighted by atomic mass is 14.2. The van der Waals surface area contributed by atoms with Crippen molar-refractivity contribution < 1.29 is 0 Å². The summed E-state index contributed by atoms with van der Waals surface area (Å²) in [6, 6.07) is 9.02. The summed E-state index contributed by atoms with van der Waals surface area (Å²) in [6.07, 6.45) is 9.36. The van der Waals surface area contributed by atoms with Gasteiger partial charge in [0.05, 0.1) is 0 Å². The average molecular weight is 266 g/mol. The highest BCUT2D eigenvalue weighted by Gasteiger charge is 2.14. The second-order valence-electron chi connectivity index (χ2n) is 5.93. The molecule has 0 heterocycles. The van der Waals surface area contributed by atoms with E-state index in [1.165, 1.54) is 48.8 Å². The molecule has 1 fully saturated rings. The van der Waals surface area contributed by atoms with Gasteiger partial charge in [-0.2, -0.15) is 0 Å². The average Bonchev–Trinajstić information content (AvgIpc) is 2.87. The molecule has 0 spiro atoms. The SMILES string of the molecule is C=C1CCC(C#CCCc2cccc(CCCC)c2)C1. The third-order valence-electron chi connectivity index (χ3n) is 4.04. The maximum absolute atomic E-state index is 4.05. The maximum Gasteiger partial charge on any atom is 0.0242 e. The lowest BCUT2D eigenvalue weighted by Crippen LogP contribution is -1.90. The van der Waals surface area contributed by atoms with Crippen LogP contribution in [-0.2, 0) is 12.8 Å². The summed E-state index contributed by atoms with van der Waals surface area (Å²) in [5, 5.41) is 0. The van der Waals surface area contributed by atoms with Gasteiger partial charge >= 0.3 is 0 Å². The Morgan fingerprint density at radius 1 is 1.25 bits per heavy atom. The Kier molecular flexibility index (Phi) is 5.93. The van der Waals surface area contributed by atoms with Crippen molar-refractivity contribution in [3.8, 4) is 11.8 Å². The predicted octanol–water partition coefficient (Wildman–Crippen LogP) is 5.32.